The lowest BCUT2D eigenvalue weighted by atomic mass is 9.69. The first kappa shape index (κ1) is 14.4. The van der Waals surface area contributed by atoms with Gasteiger partial charge in [0.2, 0.25) is 0 Å². The third kappa shape index (κ3) is 1.90. The molecule has 0 aromatic heterocycles. The minimum absolute atomic E-state index is 0.0137. The van der Waals surface area contributed by atoms with Gasteiger partial charge in [-0.05, 0) is 54.6 Å². The van der Waals surface area contributed by atoms with Crippen molar-refractivity contribution in [2.45, 2.75) is 53.0 Å². The summed E-state index contributed by atoms with van der Waals surface area (Å²) in [6.45, 7) is 9.00. The van der Waals surface area contributed by atoms with Crippen molar-refractivity contribution in [2.24, 2.45) is 16.7 Å². The molecular formula is C18H26N2O. The summed E-state index contributed by atoms with van der Waals surface area (Å²) >= 11 is 0. The van der Waals surface area contributed by atoms with E-state index in [1.54, 1.807) is 6.07 Å². The predicted molar refractivity (Wildman–Crippen MR) is 86.1 cm³/mol. The summed E-state index contributed by atoms with van der Waals surface area (Å²) in [6.07, 6.45) is 3.60. The van der Waals surface area contributed by atoms with Crippen LogP contribution in [0, 0.1) is 23.7 Å². The molecule has 1 aromatic carbocycles. The molecule has 3 rings (SSSR count). The lowest BCUT2D eigenvalue weighted by Gasteiger charge is -2.39. The number of amides is 1. The number of benzene rings is 1. The first-order chi connectivity index (χ1) is 9.77. The summed E-state index contributed by atoms with van der Waals surface area (Å²) in [4.78, 5) is 12.7. The van der Waals surface area contributed by atoms with Gasteiger partial charge in [-0.1, -0.05) is 32.9 Å². The number of hydrogen-bond donors (Lipinski definition) is 2. The minimum Gasteiger partial charge on any atom is -0.398 e. The van der Waals surface area contributed by atoms with Crippen LogP contribution in [0.3, 0.4) is 0 Å². The van der Waals surface area contributed by atoms with E-state index in [1.165, 1.54) is 12.8 Å². The highest BCUT2D eigenvalue weighted by molar-refractivity contribution is 6.00. The van der Waals surface area contributed by atoms with Gasteiger partial charge in [0.1, 0.15) is 0 Å². The van der Waals surface area contributed by atoms with Gasteiger partial charge in [-0.25, -0.2) is 0 Å². The zero-order chi connectivity index (χ0) is 15.4. The van der Waals surface area contributed by atoms with Gasteiger partial charge in [0, 0.05) is 11.7 Å². The fraction of sp³-hybridized carbons (Fsp3) is 0.611. The first-order valence-corrected chi connectivity index (χ1v) is 7.93. The monoisotopic (exact) mass is 286 g/mol. The number of nitrogens with two attached hydrogens (primary N) is 1. The number of fused-ring (bicyclic) bond motifs is 2. The molecule has 2 saturated carbocycles. The molecule has 2 bridgehead atoms. The van der Waals surface area contributed by atoms with E-state index >= 15 is 0 Å². The van der Waals surface area contributed by atoms with Gasteiger partial charge in [0.05, 0.1) is 5.56 Å². The van der Waals surface area contributed by atoms with Crippen molar-refractivity contribution < 1.29 is 4.79 Å². The summed E-state index contributed by atoms with van der Waals surface area (Å²) < 4.78 is 0. The molecule has 0 spiro atoms. The van der Waals surface area contributed by atoms with E-state index < -0.39 is 0 Å². The molecule has 1 amide bonds. The second-order valence-electron chi connectivity index (χ2n) is 7.68. The maximum absolute atomic E-state index is 12.7. The molecule has 0 saturated heterocycles. The van der Waals surface area contributed by atoms with Crippen molar-refractivity contribution in [1.29, 1.82) is 0 Å². The maximum Gasteiger partial charge on any atom is 0.253 e. The Hall–Kier alpha value is -1.51. The van der Waals surface area contributed by atoms with Crippen LogP contribution in [-0.2, 0) is 0 Å². The van der Waals surface area contributed by atoms with Crippen LogP contribution >= 0.6 is 0 Å². The molecule has 0 radical (unpaired) electrons. The largest absolute Gasteiger partial charge is 0.398 e. The van der Waals surface area contributed by atoms with Crippen molar-refractivity contribution in [3.63, 3.8) is 0 Å². The van der Waals surface area contributed by atoms with Crippen LogP contribution in [0.4, 0.5) is 5.69 Å². The van der Waals surface area contributed by atoms with Crippen LogP contribution in [0.2, 0.25) is 0 Å². The number of carbonyl (C=O) groups excluding carboxylic acids is 1. The summed E-state index contributed by atoms with van der Waals surface area (Å²) in [7, 11) is 0. The van der Waals surface area contributed by atoms with Crippen molar-refractivity contribution in [2.75, 3.05) is 5.73 Å². The Kier molecular flexibility index (Phi) is 3.09. The first-order valence-electron chi connectivity index (χ1n) is 7.93. The number of nitrogen functional groups attached to an aromatic ring is 1. The minimum atomic E-state index is -0.0137. The second kappa shape index (κ2) is 4.49. The summed E-state index contributed by atoms with van der Waals surface area (Å²) in [5.41, 5.74) is 8.66. The van der Waals surface area contributed by atoms with Gasteiger partial charge in [-0.15, -0.1) is 0 Å². The van der Waals surface area contributed by atoms with Crippen LogP contribution in [-0.4, -0.2) is 11.9 Å². The molecule has 3 heteroatoms. The van der Waals surface area contributed by atoms with Crippen LogP contribution in [0.1, 0.15) is 56.0 Å². The molecular weight excluding hydrogens is 260 g/mol. The number of hydrogen-bond acceptors (Lipinski definition) is 2. The highest BCUT2D eigenvalue weighted by atomic mass is 16.1. The van der Waals surface area contributed by atoms with Crippen molar-refractivity contribution in [3.8, 4) is 0 Å². The lowest BCUT2D eigenvalue weighted by Crippen LogP contribution is -2.47. The Bertz CT molecular complexity index is 573. The van der Waals surface area contributed by atoms with E-state index in [2.05, 4.69) is 26.1 Å². The average molecular weight is 286 g/mol. The molecule has 1 aromatic rings. The Morgan fingerprint density at radius 3 is 2.57 bits per heavy atom. The van der Waals surface area contributed by atoms with Gasteiger partial charge in [0.15, 0.2) is 0 Å². The molecule has 2 fully saturated rings. The van der Waals surface area contributed by atoms with E-state index in [1.807, 2.05) is 19.1 Å². The van der Waals surface area contributed by atoms with Crippen molar-refractivity contribution in [1.82, 2.24) is 5.32 Å². The molecule has 0 aliphatic heterocycles. The quantitative estimate of drug-likeness (QED) is 0.817. The normalized spacial score (nSPS) is 33.1. The van der Waals surface area contributed by atoms with E-state index in [4.69, 9.17) is 5.73 Å². The SMILES string of the molecule is Cc1cccc(N)c1C(=O)NC1CC2CCC1(C)C2(C)C. The summed E-state index contributed by atoms with van der Waals surface area (Å²) in [6, 6.07) is 5.90. The molecule has 2 aliphatic carbocycles. The van der Waals surface area contributed by atoms with Crippen LogP contribution in [0.15, 0.2) is 18.2 Å². The number of carbonyl (C=O) groups is 1. The molecule has 0 heterocycles. The molecule has 3 unspecified atom stereocenters. The maximum atomic E-state index is 12.7. The number of anilines is 1. The number of rotatable bonds is 2. The average Bonchev–Trinajstić information content (AvgIpc) is 2.71. The van der Waals surface area contributed by atoms with E-state index in [-0.39, 0.29) is 17.4 Å². The second-order valence-corrected chi connectivity index (χ2v) is 7.68. The van der Waals surface area contributed by atoms with Gasteiger partial charge < -0.3 is 11.1 Å². The molecule has 3 nitrogen and oxygen atoms in total. The number of nitrogens with one attached hydrogen (secondary N) is 1. The topological polar surface area (TPSA) is 55.1 Å². The zero-order valence-corrected chi connectivity index (χ0v) is 13.5. The van der Waals surface area contributed by atoms with Crippen LogP contribution in [0.5, 0.6) is 0 Å². The van der Waals surface area contributed by atoms with Gasteiger partial charge in [0.25, 0.3) is 5.91 Å². The molecule has 2 aliphatic rings. The standard InChI is InChI=1S/C18H26N2O/c1-11-6-5-7-13(19)15(11)16(21)20-14-10-12-8-9-18(14,4)17(12,2)3/h5-7,12,14H,8-10,19H2,1-4H3,(H,20,21). The smallest absolute Gasteiger partial charge is 0.253 e. The Balaban J connectivity index is 1.84. The Morgan fingerprint density at radius 2 is 2.05 bits per heavy atom. The van der Waals surface area contributed by atoms with Gasteiger partial charge >= 0.3 is 0 Å². The molecule has 3 N–H and O–H groups in total. The van der Waals surface area contributed by atoms with Crippen LogP contribution < -0.4 is 11.1 Å². The lowest BCUT2D eigenvalue weighted by molar-refractivity contribution is 0.0826. The van der Waals surface area contributed by atoms with E-state index in [9.17, 15) is 4.79 Å². The van der Waals surface area contributed by atoms with Crippen molar-refractivity contribution >= 4 is 11.6 Å². The van der Waals surface area contributed by atoms with E-state index in [0.717, 1.165) is 17.9 Å². The molecule has 21 heavy (non-hydrogen) atoms. The molecule has 3 atom stereocenters. The van der Waals surface area contributed by atoms with Gasteiger partial charge in [-0.3, -0.25) is 4.79 Å². The summed E-state index contributed by atoms with van der Waals surface area (Å²) in [5, 5.41) is 3.29. The fourth-order valence-corrected chi connectivity index (χ4v) is 4.65. The third-order valence-corrected chi connectivity index (χ3v) is 6.63. The predicted octanol–water partition coefficient (Wildman–Crippen LogP) is 3.52. The van der Waals surface area contributed by atoms with Gasteiger partial charge in [-0.2, -0.15) is 0 Å². The fourth-order valence-electron chi connectivity index (χ4n) is 4.65. The highest BCUT2D eigenvalue weighted by Gasteiger charge is 2.61. The van der Waals surface area contributed by atoms with E-state index in [0.29, 0.717) is 16.7 Å². The Morgan fingerprint density at radius 1 is 1.33 bits per heavy atom. The number of aryl methyl sites for hydroxylation is 1. The highest BCUT2D eigenvalue weighted by Crippen LogP contribution is 2.65. The molecule has 114 valence electrons. The van der Waals surface area contributed by atoms with Crippen LogP contribution in [0.25, 0.3) is 0 Å². The Labute approximate surface area is 127 Å². The zero-order valence-electron chi connectivity index (χ0n) is 13.5. The third-order valence-electron chi connectivity index (χ3n) is 6.63. The summed E-state index contributed by atoms with van der Waals surface area (Å²) in [5.74, 6) is 0.710. The van der Waals surface area contributed by atoms with Crippen molar-refractivity contribution in [3.05, 3.63) is 29.3 Å².